The molecule has 1 rings (SSSR count). The molecule has 0 fully saturated rings. The van der Waals surface area contributed by atoms with Gasteiger partial charge >= 0.3 is 0 Å². The fraction of sp³-hybridized carbons (Fsp3) is 0.500. The number of hydrogen-bond acceptors (Lipinski definition) is 3. The van der Waals surface area contributed by atoms with Crippen LogP contribution in [0.3, 0.4) is 0 Å². The van der Waals surface area contributed by atoms with Gasteiger partial charge in [-0.1, -0.05) is 0 Å². The lowest BCUT2D eigenvalue weighted by molar-refractivity contribution is 0.454. The third kappa shape index (κ3) is 2.10. The van der Waals surface area contributed by atoms with Crippen molar-refractivity contribution in [2.24, 2.45) is 4.99 Å². The van der Waals surface area contributed by atoms with Gasteiger partial charge in [-0.05, 0) is 0 Å². The first-order chi connectivity index (χ1) is 4.43. The Kier molecular flexibility index (Phi) is 2.64. The van der Waals surface area contributed by atoms with E-state index in [1.54, 1.807) is 6.20 Å². The van der Waals surface area contributed by atoms with Crippen LogP contribution in [0.1, 0.15) is 0 Å². The molecule has 1 heterocycles. The summed E-state index contributed by atoms with van der Waals surface area (Å²) >= 11 is 4.11. The van der Waals surface area contributed by atoms with Gasteiger partial charge in [-0.3, -0.25) is 4.99 Å². The standard InChI is InChI=1S/C6H10N2S/c9-6-5-8-3-1-7-2-4-8/h1-3,9H,4-6H2. The summed E-state index contributed by atoms with van der Waals surface area (Å²) in [5, 5.41) is 0. The van der Waals surface area contributed by atoms with E-state index in [2.05, 4.69) is 22.5 Å². The van der Waals surface area contributed by atoms with Gasteiger partial charge in [-0.15, -0.1) is 0 Å². The van der Waals surface area contributed by atoms with Crippen molar-refractivity contribution in [1.29, 1.82) is 0 Å². The van der Waals surface area contributed by atoms with E-state index in [9.17, 15) is 0 Å². The lowest BCUT2D eigenvalue weighted by Crippen LogP contribution is -2.23. The molecule has 0 radical (unpaired) electrons. The van der Waals surface area contributed by atoms with Gasteiger partial charge in [0.15, 0.2) is 0 Å². The van der Waals surface area contributed by atoms with Gasteiger partial charge in [0.05, 0.1) is 6.54 Å². The summed E-state index contributed by atoms with van der Waals surface area (Å²) in [5.41, 5.74) is 0. The minimum absolute atomic E-state index is 0.901. The summed E-state index contributed by atoms with van der Waals surface area (Å²) < 4.78 is 0. The van der Waals surface area contributed by atoms with Crippen molar-refractivity contribution >= 4 is 18.8 Å². The minimum atomic E-state index is 0.901. The third-order valence-electron chi connectivity index (χ3n) is 1.17. The maximum atomic E-state index is 4.11. The van der Waals surface area contributed by atoms with E-state index >= 15 is 0 Å². The molecule has 1 aliphatic rings. The van der Waals surface area contributed by atoms with Gasteiger partial charge in [0.25, 0.3) is 0 Å². The zero-order valence-electron chi connectivity index (χ0n) is 5.20. The Bertz CT molecular complexity index is 131. The molecule has 0 amide bonds. The molecule has 0 aromatic carbocycles. The molecule has 0 saturated heterocycles. The zero-order chi connectivity index (χ0) is 6.53. The number of hydrogen-bond donors (Lipinski definition) is 1. The van der Waals surface area contributed by atoms with Gasteiger partial charge in [0.1, 0.15) is 0 Å². The molecule has 2 nitrogen and oxygen atoms in total. The largest absolute Gasteiger partial charge is 0.370 e. The Morgan fingerprint density at radius 3 is 3.11 bits per heavy atom. The smallest absolute Gasteiger partial charge is 0.0527 e. The van der Waals surface area contributed by atoms with Gasteiger partial charge in [0, 0.05) is 30.9 Å². The van der Waals surface area contributed by atoms with Crippen molar-refractivity contribution in [3.05, 3.63) is 12.4 Å². The van der Waals surface area contributed by atoms with E-state index in [0.717, 1.165) is 18.8 Å². The highest BCUT2D eigenvalue weighted by Crippen LogP contribution is 1.93. The molecule has 9 heavy (non-hydrogen) atoms. The maximum absolute atomic E-state index is 4.11. The van der Waals surface area contributed by atoms with Crippen LogP contribution in [0.5, 0.6) is 0 Å². The Labute approximate surface area is 60.7 Å². The van der Waals surface area contributed by atoms with Gasteiger partial charge in [-0.2, -0.15) is 12.6 Å². The highest BCUT2D eigenvalue weighted by molar-refractivity contribution is 7.80. The highest BCUT2D eigenvalue weighted by atomic mass is 32.1. The highest BCUT2D eigenvalue weighted by Gasteiger charge is 1.95. The molecule has 0 aliphatic carbocycles. The molecule has 3 heteroatoms. The van der Waals surface area contributed by atoms with Crippen molar-refractivity contribution in [2.45, 2.75) is 0 Å². The molecule has 1 aliphatic heterocycles. The van der Waals surface area contributed by atoms with Crippen LogP contribution in [0.25, 0.3) is 0 Å². The second-order valence-electron chi connectivity index (χ2n) is 1.85. The van der Waals surface area contributed by atoms with Crippen LogP contribution >= 0.6 is 12.6 Å². The van der Waals surface area contributed by atoms with E-state index in [1.807, 2.05) is 12.4 Å². The first-order valence-corrected chi connectivity index (χ1v) is 3.60. The van der Waals surface area contributed by atoms with Crippen LogP contribution in [0.4, 0.5) is 0 Å². The molecule has 0 N–H and O–H groups in total. The van der Waals surface area contributed by atoms with Gasteiger partial charge < -0.3 is 4.90 Å². The van der Waals surface area contributed by atoms with Crippen LogP contribution < -0.4 is 0 Å². The molecule has 50 valence electrons. The Hall–Kier alpha value is -0.440. The van der Waals surface area contributed by atoms with Crippen molar-refractivity contribution in [1.82, 2.24) is 4.90 Å². The van der Waals surface area contributed by atoms with Crippen molar-refractivity contribution < 1.29 is 0 Å². The van der Waals surface area contributed by atoms with E-state index < -0.39 is 0 Å². The number of thiol groups is 1. The van der Waals surface area contributed by atoms with Crippen molar-refractivity contribution in [2.75, 3.05) is 18.8 Å². The molecule has 0 bridgehead atoms. The molecular weight excluding hydrogens is 132 g/mol. The Morgan fingerprint density at radius 1 is 1.67 bits per heavy atom. The first-order valence-electron chi connectivity index (χ1n) is 2.96. The fourth-order valence-electron chi connectivity index (χ4n) is 0.701. The minimum Gasteiger partial charge on any atom is -0.370 e. The van der Waals surface area contributed by atoms with Crippen LogP contribution in [0, 0.1) is 0 Å². The SMILES string of the molecule is SCCN1C=CN=CC1. The summed E-state index contributed by atoms with van der Waals surface area (Å²) in [6.07, 6.45) is 5.67. The van der Waals surface area contributed by atoms with E-state index in [1.165, 1.54) is 0 Å². The van der Waals surface area contributed by atoms with E-state index in [0.29, 0.717) is 0 Å². The predicted molar refractivity (Wildman–Crippen MR) is 43.1 cm³/mol. The number of rotatable bonds is 2. The molecule has 0 atom stereocenters. The van der Waals surface area contributed by atoms with Crippen molar-refractivity contribution in [3.8, 4) is 0 Å². The summed E-state index contributed by atoms with van der Waals surface area (Å²) in [7, 11) is 0. The summed E-state index contributed by atoms with van der Waals surface area (Å²) in [6, 6.07) is 0. The lowest BCUT2D eigenvalue weighted by Gasteiger charge is -2.17. The average molecular weight is 142 g/mol. The van der Waals surface area contributed by atoms with E-state index in [-0.39, 0.29) is 0 Å². The molecule has 0 saturated carbocycles. The lowest BCUT2D eigenvalue weighted by atomic mass is 10.5. The Balaban J connectivity index is 2.28. The van der Waals surface area contributed by atoms with E-state index in [4.69, 9.17) is 0 Å². The fourth-order valence-corrected chi connectivity index (χ4v) is 0.958. The van der Waals surface area contributed by atoms with Crippen LogP contribution in [-0.4, -0.2) is 30.0 Å². The summed E-state index contributed by atoms with van der Waals surface area (Å²) in [5.74, 6) is 0.901. The molecular formula is C6H10N2S. The molecule has 0 spiro atoms. The van der Waals surface area contributed by atoms with Gasteiger partial charge in [-0.25, -0.2) is 0 Å². The third-order valence-corrected chi connectivity index (χ3v) is 1.37. The molecule has 0 unspecified atom stereocenters. The molecule has 0 aromatic heterocycles. The number of aliphatic imine (C=N–C) groups is 1. The average Bonchev–Trinajstić information content (AvgIpc) is 1.91. The Morgan fingerprint density at radius 2 is 2.56 bits per heavy atom. The van der Waals surface area contributed by atoms with Crippen LogP contribution in [-0.2, 0) is 0 Å². The molecule has 0 aromatic rings. The summed E-state index contributed by atoms with van der Waals surface area (Å²) in [4.78, 5) is 6.10. The number of nitrogens with zero attached hydrogens (tertiary/aromatic N) is 2. The first kappa shape index (κ1) is 6.68. The van der Waals surface area contributed by atoms with Gasteiger partial charge in [0.2, 0.25) is 0 Å². The topological polar surface area (TPSA) is 15.6 Å². The maximum Gasteiger partial charge on any atom is 0.0527 e. The summed E-state index contributed by atoms with van der Waals surface area (Å²) in [6.45, 7) is 1.93. The van der Waals surface area contributed by atoms with Crippen LogP contribution in [0.2, 0.25) is 0 Å². The van der Waals surface area contributed by atoms with Crippen molar-refractivity contribution in [3.63, 3.8) is 0 Å². The monoisotopic (exact) mass is 142 g/mol. The normalized spacial score (nSPS) is 16.8. The van der Waals surface area contributed by atoms with Crippen LogP contribution in [0.15, 0.2) is 17.4 Å². The second-order valence-corrected chi connectivity index (χ2v) is 2.30. The predicted octanol–water partition coefficient (Wildman–Crippen LogP) is 0.774. The zero-order valence-corrected chi connectivity index (χ0v) is 6.09. The quantitative estimate of drug-likeness (QED) is 0.563. The second kappa shape index (κ2) is 3.56.